The van der Waals surface area contributed by atoms with Crippen LogP contribution in [0.25, 0.3) is 21.8 Å². The van der Waals surface area contributed by atoms with Crippen LogP contribution >= 0.6 is 46.4 Å². The molecule has 4 aliphatic heterocycles. The van der Waals surface area contributed by atoms with Crippen molar-refractivity contribution in [3.05, 3.63) is 140 Å². The van der Waals surface area contributed by atoms with Gasteiger partial charge in [0.2, 0.25) is 11.0 Å². The Morgan fingerprint density at radius 3 is 1.40 bits per heavy atom. The summed E-state index contributed by atoms with van der Waals surface area (Å²) in [5, 5.41) is 11.5. The van der Waals surface area contributed by atoms with Crippen molar-refractivity contribution in [1.29, 1.82) is 0 Å². The zero-order chi connectivity index (χ0) is 28.8. The first-order valence-electron chi connectivity index (χ1n) is 13.7. The van der Waals surface area contributed by atoms with Gasteiger partial charge in [-0.05, 0) is 29.3 Å². The molecule has 0 saturated carbocycles. The highest BCUT2D eigenvalue weighted by molar-refractivity contribution is 6.40. The van der Waals surface area contributed by atoms with Gasteiger partial charge in [0, 0.05) is 58.5 Å². The van der Waals surface area contributed by atoms with Crippen LogP contribution < -0.4 is 19.8 Å². The lowest BCUT2D eigenvalue weighted by molar-refractivity contribution is -0.663. The summed E-state index contributed by atoms with van der Waals surface area (Å²) >= 11 is 26.6. The summed E-state index contributed by atoms with van der Waals surface area (Å²) in [6.45, 7) is 2.64. The third-order valence-electron chi connectivity index (χ3n) is 7.75. The van der Waals surface area contributed by atoms with E-state index in [1.165, 1.54) is 22.3 Å². The molecular formula is C34H26Cl4N4+2. The van der Waals surface area contributed by atoms with Gasteiger partial charge in [-0.1, -0.05) is 88.9 Å². The van der Waals surface area contributed by atoms with Gasteiger partial charge in [0.15, 0.2) is 25.5 Å². The van der Waals surface area contributed by atoms with Crippen LogP contribution in [0.1, 0.15) is 22.3 Å². The summed E-state index contributed by atoms with van der Waals surface area (Å²) in [5.41, 5.74) is 8.54. The fourth-order valence-corrected chi connectivity index (χ4v) is 6.89. The number of nitrogens with one attached hydrogen (secondary N) is 2. The Labute approximate surface area is 264 Å². The molecule has 4 nitrogen and oxygen atoms in total. The minimum atomic E-state index is 0.603. The molecule has 0 radical (unpaired) electrons. The van der Waals surface area contributed by atoms with E-state index in [4.69, 9.17) is 46.4 Å². The minimum Gasteiger partial charge on any atom is -0.380 e. The quantitative estimate of drug-likeness (QED) is 0.164. The van der Waals surface area contributed by atoms with Gasteiger partial charge >= 0.3 is 0 Å². The molecule has 6 heterocycles. The fourth-order valence-electron chi connectivity index (χ4n) is 5.72. The summed E-state index contributed by atoms with van der Waals surface area (Å²) in [7, 11) is 0. The van der Waals surface area contributed by atoms with E-state index in [0.29, 0.717) is 46.3 Å². The summed E-state index contributed by atoms with van der Waals surface area (Å²) in [6.07, 6.45) is 4.18. The van der Waals surface area contributed by atoms with Crippen LogP contribution in [0.2, 0.25) is 20.1 Å². The standard InChI is InChI=1S/C34H24Cl4N4/c35-25-13-27(37)33-29-8-10-41(31(33)15-25)19-23-2-1-3-24(12-23)20-42-11-9-30(34-28(38)14-26(36)16-32(34)42)40-18-22-6-4-21(5-7-22)17-39-29/h1-16H,17-20H2/p+2. The number of hydrogen-bond donors (Lipinski definition) is 2. The van der Waals surface area contributed by atoms with E-state index >= 15 is 0 Å². The molecule has 6 aromatic rings. The predicted molar refractivity (Wildman–Crippen MR) is 174 cm³/mol. The maximum Gasteiger partial charge on any atom is 0.217 e. The van der Waals surface area contributed by atoms with Crippen molar-refractivity contribution in [1.82, 2.24) is 0 Å². The van der Waals surface area contributed by atoms with Crippen molar-refractivity contribution in [3.63, 3.8) is 0 Å². The number of anilines is 2. The molecule has 0 spiro atoms. The summed E-state index contributed by atoms with van der Waals surface area (Å²) in [5.74, 6) is 0. The molecule has 0 fully saturated rings. The number of fused-ring (bicyclic) bond motifs is 1. The lowest BCUT2D eigenvalue weighted by Gasteiger charge is -2.13. The highest BCUT2D eigenvalue weighted by Crippen LogP contribution is 2.33. The molecule has 2 N–H and O–H groups in total. The monoisotopic (exact) mass is 630 g/mol. The third-order valence-corrected chi connectivity index (χ3v) is 8.79. The van der Waals surface area contributed by atoms with Crippen molar-refractivity contribution in [3.8, 4) is 0 Å². The molecule has 0 amide bonds. The van der Waals surface area contributed by atoms with Crippen molar-refractivity contribution >= 4 is 79.6 Å². The Morgan fingerprint density at radius 2 is 0.952 bits per heavy atom. The normalized spacial score (nSPS) is 13.2. The summed E-state index contributed by atoms with van der Waals surface area (Å²) in [4.78, 5) is 0. The van der Waals surface area contributed by atoms with E-state index < -0.39 is 0 Å². The first kappa shape index (κ1) is 27.3. The first-order valence-corrected chi connectivity index (χ1v) is 15.2. The number of aromatic nitrogens is 2. The van der Waals surface area contributed by atoms with E-state index in [-0.39, 0.29) is 0 Å². The predicted octanol–water partition coefficient (Wildman–Crippen LogP) is 8.82. The molecule has 4 aromatic carbocycles. The van der Waals surface area contributed by atoms with Gasteiger partial charge in [0.25, 0.3) is 0 Å². The van der Waals surface area contributed by atoms with Gasteiger partial charge in [0.1, 0.15) is 0 Å². The largest absolute Gasteiger partial charge is 0.380 e. The first-order chi connectivity index (χ1) is 20.4. The molecule has 0 saturated heterocycles. The van der Waals surface area contributed by atoms with Crippen LogP contribution in [0, 0.1) is 0 Å². The smallest absolute Gasteiger partial charge is 0.217 e. The lowest BCUT2D eigenvalue weighted by Crippen LogP contribution is -2.36. The SMILES string of the molecule is Clc1cc(Cl)c2c3cc[n+](c2c1)Cc1cccc(c1)C[n+]1ccc(c2c(Cl)cc(Cl)cc21)NCc1ccc(cc1)CN3. The van der Waals surface area contributed by atoms with E-state index in [1.54, 1.807) is 12.1 Å². The van der Waals surface area contributed by atoms with E-state index in [0.717, 1.165) is 33.2 Å². The molecule has 8 heteroatoms. The van der Waals surface area contributed by atoms with Gasteiger partial charge in [-0.3, -0.25) is 0 Å². The number of nitrogens with zero attached hydrogens (tertiary/aromatic N) is 2. The van der Waals surface area contributed by atoms with Crippen molar-refractivity contribution in [2.45, 2.75) is 26.2 Å². The van der Waals surface area contributed by atoms with Crippen LogP contribution in [0.3, 0.4) is 0 Å². The van der Waals surface area contributed by atoms with Crippen LogP contribution in [-0.4, -0.2) is 0 Å². The number of hydrogen-bond acceptors (Lipinski definition) is 2. The zero-order valence-electron chi connectivity index (χ0n) is 22.5. The molecule has 208 valence electrons. The molecular weight excluding hydrogens is 606 g/mol. The second-order valence-electron chi connectivity index (χ2n) is 10.6. The molecule has 0 atom stereocenters. The average molecular weight is 632 g/mol. The second kappa shape index (κ2) is 11.3. The Bertz CT molecular complexity index is 1850. The Morgan fingerprint density at radius 1 is 0.500 bits per heavy atom. The highest BCUT2D eigenvalue weighted by Gasteiger charge is 2.20. The highest BCUT2D eigenvalue weighted by atomic mass is 35.5. The molecule has 0 unspecified atom stereocenters. The Balaban J connectivity index is 1.39. The molecule has 42 heavy (non-hydrogen) atoms. The van der Waals surface area contributed by atoms with E-state index in [1.807, 2.05) is 12.1 Å². The second-order valence-corrected chi connectivity index (χ2v) is 12.3. The summed E-state index contributed by atoms with van der Waals surface area (Å²) in [6, 6.07) is 28.9. The maximum absolute atomic E-state index is 6.79. The zero-order valence-corrected chi connectivity index (χ0v) is 25.5. The van der Waals surface area contributed by atoms with Crippen LogP contribution in [0.4, 0.5) is 11.4 Å². The Hall–Kier alpha value is -3.54. The van der Waals surface area contributed by atoms with E-state index in [9.17, 15) is 0 Å². The van der Waals surface area contributed by atoms with Crippen molar-refractivity contribution in [2.75, 3.05) is 10.6 Å². The number of rotatable bonds is 0. The summed E-state index contributed by atoms with van der Waals surface area (Å²) < 4.78 is 4.38. The molecule has 2 aromatic heterocycles. The maximum atomic E-state index is 6.79. The van der Waals surface area contributed by atoms with Crippen LogP contribution in [0.15, 0.2) is 97.3 Å². The van der Waals surface area contributed by atoms with Crippen molar-refractivity contribution in [2.24, 2.45) is 0 Å². The molecule has 4 aliphatic rings. The Kier molecular flexibility index (Phi) is 7.33. The number of halogens is 4. The number of benzene rings is 4. The minimum absolute atomic E-state index is 0.603. The van der Waals surface area contributed by atoms with Gasteiger partial charge in [0.05, 0.1) is 32.2 Å². The van der Waals surface area contributed by atoms with Gasteiger partial charge in [-0.15, -0.1) is 0 Å². The lowest BCUT2D eigenvalue weighted by atomic mass is 10.1. The van der Waals surface area contributed by atoms with Crippen molar-refractivity contribution < 1.29 is 9.13 Å². The number of pyridine rings is 2. The average Bonchev–Trinajstić information content (AvgIpc) is 2.96. The van der Waals surface area contributed by atoms with Gasteiger partial charge in [-0.25, -0.2) is 0 Å². The molecule has 10 rings (SSSR count). The molecule has 8 bridgehead atoms. The molecule has 0 aliphatic carbocycles. The van der Waals surface area contributed by atoms with Gasteiger partial charge < -0.3 is 10.6 Å². The fraction of sp³-hybridized carbons (Fsp3) is 0.118. The van der Waals surface area contributed by atoms with Crippen LogP contribution in [0.5, 0.6) is 0 Å². The third kappa shape index (κ3) is 5.36. The topological polar surface area (TPSA) is 31.8 Å². The van der Waals surface area contributed by atoms with Gasteiger partial charge in [-0.2, -0.15) is 9.13 Å². The van der Waals surface area contributed by atoms with Crippen LogP contribution in [-0.2, 0) is 26.2 Å². The van der Waals surface area contributed by atoms with E-state index in [2.05, 4.69) is 92.8 Å².